The summed E-state index contributed by atoms with van der Waals surface area (Å²) in [5.74, 6) is 1.30. The van der Waals surface area contributed by atoms with Gasteiger partial charge in [-0.15, -0.1) is 0 Å². The molecular weight excluding hydrogens is 375 g/mol. The monoisotopic (exact) mass is 392 g/mol. The van der Waals surface area contributed by atoms with Crippen LogP contribution in [0.4, 0.5) is 20.7 Å². The van der Waals surface area contributed by atoms with Gasteiger partial charge in [0.05, 0.1) is 7.11 Å². The number of nitrogens with one attached hydrogen (secondary N) is 2. The number of nitrogens with zero attached hydrogens (tertiary/aromatic N) is 4. The first-order valence-electron chi connectivity index (χ1n) is 8.70. The summed E-state index contributed by atoms with van der Waals surface area (Å²) >= 11 is 0. The number of halogens is 1. The smallest absolute Gasteiger partial charge is 0.324 e. The van der Waals surface area contributed by atoms with Gasteiger partial charge >= 0.3 is 6.03 Å². The molecule has 29 heavy (non-hydrogen) atoms. The number of aryl methyl sites for hydroxylation is 1. The van der Waals surface area contributed by atoms with E-state index in [2.05, 4.69) is 25.6 Å². The van der Waals surface area contributed by atoms with Gasteiger partial charge in [-0.1, -0.05) is 0 Å². The molecule has 0 fully saturated rings. The van der Waals surface area contributed by atoms with Gasteiger partial charge in [-0.2, -0.15) is 0 Å². The zero-order valence-corrected chi connectivity index (χ0v) is 15.7. The topological polar surface area (TPSA) is 94.0 Å². The third kappa shape index (κ3) is 3.70. The van der Waals surface area contributed by atoms with Crippen LogP contribution in [0.15, 0.2) is 54.9 Å². The molecule has 2 aromatic carbocycles. The minimum atomic E-state index is -0.520. The number of benzene rings is 2. The summed E-state index contributed by atoms with van der Waals surface area (Å²) in [6.07, 6.45) is 1.36. The fraction of sp³-hybridized carbons (Fsp3) is 0.100. The minimum absolute atomic E-state index is 0.268. The standard InChI is InChI=1S/C20H17FN6O2/c1-27-18(12-3-9-15(29-2)10-4-12)25-16-17(22-11-23-19(16)27)26-20(28)24-14-7-5-13(21)6-8-14/h3-11H,1-2H3,(H2,22,23,24,26,28). The van der Waals surface area contributed by atoms with Gasteiger partial charge in [0.15, 0.2) is 17.0 Å². The highest BCUT2D eigenvalue weighted by molar-refractivity contribution is 6.03. The average molecular weight is 392 g/mol. The van der Waals surface area contributed by atoms with Crippen molar-refractivity contribution >= 4 is 28.7 Å². The van der Waals surface area contributed by atoms with E-state index in [1.54, 1.807) is 7.11 Å². The van der Waals surface area contributed by atoms with Crippen LogP contribution >= 0.6 is 0 Å². The van der Waals surface area contributed by atoms with Crippen molar-refractivity contribution in [3.05, 3.63) is 60.7 Å². The van der Waals surface area contributed by atoms with E-state index in [1.165, 1.54) is 30.6 Å². The Balaban J connectivity index is 1.63. The molecule has 2 heterocycles. The second kappa shape index (κ2) is 7.55. The van der Waals surface area contributed by atoms with Gasteiger partial charge in [0.1, 0.15) is 23.7 Å². The van der Waals surface area contributed by atoms with Crippen LogP contribution in [0.2, 0.25) is 0 Å². The zero-order chi connectivity index (χ0) is 20.4. The fourth-order valence-corrected chi connectivity index (χ4v) is 2.89. The van der Waals surface area contributed by atoms with Crippen LogP contribution in [0.1, 0.15) is 0 Å². The van der Waals surface area contributed by atoms with Gasteiger partial charge in [0.25, 0.3) is 0 Å². The van der Waals surface area contributed by atoms with Crippen LogP contribution < -0.4 is 15.4 Å². The van der Waals surface area contributed by atoms with Crippen molar-refractivity contribution in [1.29, 1.82) is 0 Å². The maximum atomic E-state index is 13.0. The Labute approximate surface area is 165 Å². The van der Waals surface area contributed by atoms with Crippen molar-refractivity contribution in [1.82, 2.24) is 19.5 Å². The summed E-state index contributed by atoms with van der Waals surface area (Å²) < 4.78 is 20.0. The molecule has 8 nitrogen and oxygen atoms in total. The molecule has 0 aliphatic rings. The lowest BCUT2D eigenvalue weighted by atomic mass is 10.2. The molecule has 0 spiro atoms. The Morgan fingerprint density at radius 2 is 1.76 bits per heavy atom. The number of urea groups is 1. The largest absolute Gasteiger partial charge is 0.497 e. The van der Waals surface area contributed by atoms with Crippen LogP contribution in [-0.2, 0) is 7.05 Å². The Kier molecular flexibility index (Phi) is 4.78. The average Bonchev–Trinajstić information content (AvgIpc) is 3.07. The van der Waals surface area contributed by atoms with Gasteiger partial charge in [0.2, 0.25) is 0 Å². The van der Waals surface area contributed by atoms with Crippen molar-refractivity contribution in [3.63, 3.8) is 0 Å². The Morgan fingerprint density at radius 1 is 1.03 bits per heavy atom. The molecule has 4 rings (SSSR count). The van der Waals surface area contributed by atoms with Crippen molar-refractivity contribution in [2.45, 2.75) is 0 Å². The van der Waals surface area contributed by atoms with Gasteiger partial charge in [0, 0.05) is 18.3 Å². The minimum Gasteiger partial charge on any atom is -0.497 e. The van der Waals surface area contributed by atoms with Crippen LogP contribution in [-0.4, -0.2) is 32.7 Å². The predicted molar refractivity (Wildman–Crippen MR) is 107 cm³/mol. The Bertz CT molecular complexity index is 1170. The first-order chi connectivity index (χ1) is 14.0. The van der Waals surface area contributed by atoms with Crippen molar-refractivity contribution < 1.29 is 13.9 Å². The normalized spacial score (nSPS) is 10.7. The molecule has 9 heteroatoms. The molecular formula is C20H17FN6O2. The zero-order valence-electron chi connectivity index (χ0n) is 15.7. The molecule has 2 amide bonds. The molecule has 0 aliphatic heterocycles. The van der Waals surface area contributed by atoms with Crippen LogP contribution in [0.3, 0.4) is 0 Å². The molecule has 0 atom stereocenters. The molecule has 0 radical (unpaired) electrons. The van der Waals surface area contributed by atoms with E-state index in [9.17, 15) is 9.18 Å². The SMILES string of the molecule is COc1ccc(-c2nc3c(NC(=O)Nc4ccc(F)cc4)ncnc3n2C)cc1. The summed E-state index contributed by atoms with van der Waals surface area (Å²) in [5.41, 5.74) is 2.35. The highest BCUT2D eigenvalue weighted by Gasteiger charge is 2.16. The highest BCUT2D eigenvalue weighted by atomic mass is 19.1. The number of methoxy groups -OCH3 is 1. The van der Waals surface area contributed by atoms with Crippen molar-refractivity contribution in [2.75, 3.05) is 17.7 Å². The number of amides is 2. The number of hydrogen-bond donors (Lipinski definition) is 2. The summed E-state index contributed by atoms with van der Waals surface area (Å²) in [6, 6.07) is 12.4. The van der Waals surface area contributed by atoms with Crippen LogP contribution in [0, 0.1) is 5.82 Å². The molecule has 0 bridgehead atoms. The maximum Gasteiger partial charge on any atom is 0.324 e. The fourth-order valence-electron chi connectivity index (χ4n) is 2.89. The quantitative estimate of drug-likeness (QED) is 0.551. The number of ether oxygens (including phenoxy) is 1. The second-order valence-corrected chi connectivity index (χ2v) is 6.20. The molecule has 4 aromatic rings. The van der Waals surface area contributed by atoms with Gasteiger partial charge in [-0.3, -0.25) is 5.32 Å². The van der Waals surface area contributed by atoms with E-state index in [1.807, 2.05) is 35.9 Å². The molecule has 0 saturated heterocycles. The Morgan fingerprint density at radius 3 is 2.45 bits per heavy atom. The number of imidazole rings is 1. The number of hydrogen-bond acceptors (Lipinski definition) is 5. The second-order valence-electron chi connectivity index (χ2n) is 6.20. The van der Waals surface area contributed by atoms with Gasteiger partial charge in [-0.05, 0) is 48.5 Å². The van der Waals surface area contributed by atoms with E-state index >= 15 is 0 Å². The summed E-state index contributed by atoms with van der Waals surface area (Å²) in [7, 11) is 3.44. The van der Waals surface area contributed by atoms with Crippen molar-refractivity contribution in [3.8, 4) is 17.1 Å². The number of rotatable bonds is 4. The molecule has 0 unspecified atom stereocenters. The predicted octanol–water partition coefficient (Wildman–Crippen LogP) is 3.82. The molecule has 0 saturated carbocycles. The van der Waals surface area contributed by atoms with E-state index in [4.69, 9.17) is 4.74 Å². The lowest BCUT2D eigenvalue weighted by Gasteiger charge is -2.07. The maximum absolute atomic E-state index is 13.0. The number of aromatic nitrogens is 4. The number of anilines is 2. The summed E-state index contributed by atoms with van der Waals surface area (Å²) in [6.45, 7) is 0. The summed E-state index contributed by atoms with van der Waals surface area (Å²) in [4.78, 5) is 25.3. The van der Waals surface area contributed by atoms with Gasteiger partial charge in [-0.25, -0.2) is 24.1 Å². The highest BCUT2D eigenvalue weighted by Crippen LogP contribution is 2.27. The molecule has 146 valence electrons. The van der Waals surface area contributed by atoms with E-state index in [-0.39, 0.29) is 11.6 Å². The lowest BCUT2D eigenvalue weighted by molar-refractivity contribution is 0.262. The Hall–Kier alpha value is -4.01. The molecule has 2 aromatic heterocycles. The number of carbonyl (C=O) groups is 1. The van der Waals surface area contributed by atoms with E-state index < -0.39 is 6.03 Å². The van der Waals surface area contributed by atoms with Crippen molar-refractivity contribution in [2.24, 2.45) is 7.05 Å². The molecule has 0 aliphatic carbocycles. The molecule has 2 N–H and O–H groups in total. The first-order valence-corrected chi connectivity index (χ1v) is 8.70. The van der Waals surface area contributed by atoms with Gasteiger partial charge < -0.3 is 14.6 Å². The summed E-state index contributed by atoms with van der Waals surface area (Å²) in [5, 5.41) is 5.29. The number of fused-ring (bicyclic) bond motifs is 1. The van der Waals surface area contributed by atoms with E-state index in [0.29, 0.717) is 22.7 Å². The third-order valence-corrected chi connectivity index (χ3v) is 4.34. The number of carbonyl (C=O) groups excluding carboxylic acids is 1. The van der Waals surface area contributed by atoms with Crippen LogP contribution in [0.5, 0.6) is 5.75 Å². The van der Waals surface area contributed by atoms with Crippen LogP contribution in [0.25, 0.3) is 22.6 Å². The lowest BCUT2D eigenvalue weighted by Crippen LogP contribution is -2.20. The third-order valence-electron chi connectivity index (χ3n) is 4.34. The first kappa shape index (κ1) is 18.4. The van der Waals surface area contributed by atoms with E-state index in [0.717, 1.165) is 11.3 Å².